The van der Waals surface area contributed by atoms with Gasteiger partial charge in [-0.3, -0.25) is 0 Å². The van der Waals surface area contributed by atoms with Crippen molar-refractivity contribution in [3.63, 3.8) is 0 Å². The zero-order valence-corrected chi connectivity index (χ0v) is 13.4. The summed E-state index contributed by atoms with van der Waals surface area (Å²) in [4.78, 5) is 4.81. The van der Waals surface area contributed by atoms with Crippen LogP contribution in [0.5, 0.6) is 0 Å². The Labute approximate surface area is 126 Å². The van der Waals surface area contributed by atoms with Crippen LogP contribution in [0.3, 0.4) is 0 Å². The minimum Gasteiger partial charge on any atom is -0.500 e. The lowest BCUT2D eigenvalue weighted by Crippen LogP contribution is -2.38. The van der Waals surface area contributed by atoms with Crippen LogP contribution in [0.2, 0.25) is 0 Å². The van der Waals surface area contributed by atoms with Crippen LogP contribution in [0.25, 0.3) is 6.08 Å². The van der Waals surface area contributed by atoms with E-state index in [2.05, 4.69) is 58.0 Å². The van der Waals surface area contributed by atoms with Crippen molar-refractivity contribution in [1.82, 2.24) is 0 Å². The highest BCUT2D eigenvalue weighted by Crippen LogP contribution is 2.50. The predicted molar refractivity (Wildman–Crippen MR) is 85.4 cm³/mol. The molecular weight excluding hydrogens is 262 g/mol. The normalized spacial score (nSPS) is 30.0. The number of fused-ring (bicyclic) bond motifs is 1. The molecule has 3 heteroatoms. The molecule has 2 aliphatic rings. The first kappa shape index (κ1) is 14.2. The molecule has 0 spiro atoms. The molecule has 1 aliphatic carbocycles. The molecular formula is C18H23NO2. The van der Waals surface area contributed by atoms with Crippen molar-refractivity contribution in [1.29, 1.82) is 0 Å². The van der Waals surface area contributed by atoms with Gasteiger partial charge in [0.25, 0.3) is 0 Å². The molecule has 1 heterocycles. The zero-order valence-electron chi connectivity index (χ0n) is 13.4. The van der Waals surface area contributed by atoms with Gasteiger partial charge < -0.3 is 9.47 Å². The fourth-order valence-corrected chi connectivity index (χ4v) is 3.26. The van der Waals surface area contributed by atoms with Crippen LogP contribution in [-0.4, -0.2) is 25.2 Å². The van der Waals surface area contributed by atoms with Crippen LogP contribution < -0.4 is 0 Å². The summed E-state index contributed by atoms with van der Waals surface area (Å²) in [6, 6.07) is 8.46. The summed E-state index contributed by atoms with van der Waals surface area (Å²) in [5, 5.41) is 0. The van der Waals surface area contributed by atoms with Crippen LogP contribution >= 0.6 is 0 Å². The average molecular weight is 285 g/mol. The SMILES string of the molecule is COC1=Cc2ccccc2[C@@H](C)[C@@]1(C)C1=NC(C)(C)CO1. The molecule has 1 aromatic carbocycles. The van der Waals surface area contributed by atoms with Crippen LogP contribution in [-0.2, 0) is 9.47 Å². The first-order valence-corrected chi connectivity index (χ1v) is 7.47. The second-order valence-corrected chi connectivity index (χ2v) is 6.78. The Morgan fingerprint density at radius 2 is 1.95 bits per heavy atom. The monoisotopic (exact) mass is 285 g/mol. The third kappa shape index (κ3) is 2.06. The van der Waals surface area contributed by atoms with Crippen molar-refractivity contribution < 1.29 is 9.47 Å². The van der Waals surface area contributed by atoms with Crippen LogP contribution in [0.15, 0.2) is 35.0 Å². The maximum atomic E-state index is 5.96. The standard InChI is InChI=1S/C18H23NO2/c1-12-14-9-7-6-8-13(14)10-15(20-5)18(12,4)16-19-17(2,3)11-21-16/h6-10,12H,11H2,1-5H3/t12-,18-/m1/s1. The van der Waals surface area contributed by atoms with Gasteiger partial charge in [-0.15, -0.1) is 0 Å². The topological polar surface area (TPSA) is 30.8 Å². The fraction of sp³-hybridized carbons (Fsp3) is 0.500. The summed E-state index contributed by atoms with van der Waals surface area (Å²) in [7, 11) is 1.73. The molecule has 0 bridgehead atoms. The number of hydrogen-bond donors (Lipinski definition) is 0. The van der Waals surface area contributed by atoms with Gasteiger partial charge in [-0.2, -0.15) is 0 Å². The molecule has 0 N–H and O–H groups in total. The molecule has 1 aliphatic heterocycles. The number of aliphatic imine (C=N–C) groups is 1. The molecule has 0 amide bonds. The molecule has 0 saturated carbocycles. The van der Waals surface area contributed by atoms with Crippen molar-refractivity contribution >= 4 is 12.0 Å². The quantitative estimate of drug-likeness (QED) is 0.822. The third-order valence-electron chi connectivity index (χ3n) is 4.76. The van der Waals surface area contributed by atoms with E-state index in [4.69, 9.17) is 14.5 Å². The fourth-order valence-electron chi connectivity index (χ4n) is 3.26. The summed E-state index contributed by atoms with van der Waals surface area (Å²) < 4.78 is 11.7. The molecule has 3 nitrogen and oxygen atoms in total. The van der Waals surface area contributed by atoms with Crippen LogP contribution in [0, 0.1) is 5.41 Å². The molecule has 0 fully saturated rings. The van der Waals surface area contributed by atoms with Gasteiger partial charge in [-0.1, -0.05) is 31.2 Å². The van der Waals surface area contributed by atoms with Gasteiger partial charge in [0.15, 0.2) is 5.90 Å². The summed E-state index contributed by atoms with van der Waals surface area (Å²) in [5.41, 5.74) is 2.03. The van der Waals surface area contributed by atoms with Gasteiger partial charge in [-0.05, 0) is 38.0 Å². The molecule has 3 rings (SSSR count). The average Bonchev–Trinajstić information content (AvgIpc) is 2.83. The lowest BCUT2D eigenvalue weighted by molar-refractivity contribution is 0.176. The lowest BCUT2D eigenvalue weighted by atomic mass is 9.68. The van der Waals surface area contributed by atoms with Gasteiger partial charge in [0.05, 0.1) is 12.6 Å². The van der Waals surface area contributed by atoms with E-state index < -0.39 is 0 Å². The maximum Gasteiger partial charge on any atom is 0.198 e. The summed E-state index contributed by atoms with van der Waals surface area (Å²) >= 11 is 0. The number of rotatable bonds is 2. The Hall–Kier alpha value is -1.77. The van der Waals surface area contributed by atoms with E-state index in [0.717, 1.165) is 11.7 Å². The van der Waals surface area contributed by atoms with Crippen molar-refractivity contribution in [2.75, 3.05) is 13.7 Å². The van der Waals surface area contributed by atoms with Gasteiger partial charge >= 0.3 is 0 Å². The molecule has 0 saturated heterocycles. The Bertz CT molecular complexity index is 630. The smallest absolute Gasteiger partial charge is 0.198 e. The highest BCUT2D eigenvalue weighted by Gasteiger charge is 2.49. The van der Waals surface area contributed by atoms with E-state index >= 15 is 0 Å². The molecule has 0 unspecified atom stereocenters. The van der Waals surface area contributed by atoms with Gasteiger partial charge in [0.1, 0.15) is 17.8 Å². The van der Waals surface area contributed by atoms with Gasteiger partial charge in [0.2, 0.25) is 0 Å². The predicted octanol–water partition coefficient (Wildman–Crippen LogP) is 4.00. The van der Waals surface area contributed by atoms with Crippen molar-refractivity contribution in [2.24, 2.45) is 10.4 Å². The largest absolute Gasteiger partial charge is 0.500 e. The van der Waals surface area contributed by atoms with E-state index in [9.17, 15) is 0 Å². The minimum absolute atomic E-state index is 0.159. The highest BCUT2D eigenvalue weighted by atomic mass is 16.5. The van der Waals surface area contributed by atoms with Crippen LogP contribution in [0.4, 0.5) is 0 Å². The zero-order chi connectivity index (χ0) is 15.3. The highest BCUT2D eigenvalue weighted by molar-refractivity contribution is 5.90. The second-order valence-electron chi connectivity index (χ2n) is 6.78. The Morgan fingerprint density at radius 3 is 2.57 bits per heavy atom. The molecule has 0 radical (unpaired) electrons. The summed E-state index contributed by atoms with van der Waals surface area (Å²) in [5.74, 6) is 1.97. The van der Waals surface area contributed by atoms with E-state index in [0.29, 0.717) is 6.61 Å². The van der Waals surface area contributed by atoms with Gasteiger partial charge in [-0.25, -0.2) is 4.99 Å². The number of benzene rings is 1. The maximum absolute atomic E-state index is 5.96. The first-order chi connectivity index (χ1) is 9.88. The van der Waals surface area contributed by atoms with Crippen molar-refractivity contribution in [3.05, 3.63) is 41.2 Å². The third-order valence-corrected chi connectivity index (χ3v) is 4.76. The number of nitrogens with zero attached hydrogens (tertiary/aromatic N) is 1. The van der Waals surface area contributed by atoms with Crippen molar-refractivity contribution in [3.8, 4) is 0 Å². The molecule has 1 aromatic rings. The number of methoxy groups -OCH3 is 1. The van der Waals surface area contributed by atoms with Crippen LogP contribution in [0.1, 0.15) is 44.7 Å². The van der Waals surface area contributed by atoms with E-state index in [1.54, 1.807) is 7.11 Å². The summed E-state index contributed by atoms with van der Waals surface area (Å²) in [6.45, 7) is 9.22. The minimum atomic E-state index is -0.350. The second kappa shape index (κ2) is 4.62. The Balaban J connectivity index is 2.15. The number of ether oxygens (including phenoxy) is 2. The first-order valence-electron chi connectivity index (χ1n) is 7.47. The Kier molecular flexibility index (Phi) is 3.12. The molecule has 2 atom stereocenters. The lowest BCUT2D eigenvalue weighted by Gasteiger charge is -2.39. The van der Waals surface area contributed by atoms with E-state index in [1.165, 1.54) is 11.1 Å². The number of hydrogen-bond acceptors (Lipinski definition) is 3. The van der Waals surface area contributed by atoms with E-state index in [-0.39, 0.29) is 16.9 Å². The van der Waals surface area contributed by atoms with Crippen molar-refractivity contribution in [2.45, 2.75) is 39.2 Å². The molecule has 21 heavy (non-hydrogen) atoms. The van der Waals surface area contributed by atoms with E-state index in [1.807, 2.05) is 0 Å². The van der Waals surface area contributed by atoms with Gasteiger partial charge in [0, 0.05) is 5.92 Å². The molecule has 0 aromatic heterocycles. The Morgan fingerprint density at radius 1 is 1.24 bits per heavy atom. The summed E-state index contributed by atoms with van der Waals surface area (Å²) in [6.07, 6.45) is 2.12. The molecule has 112 valence electrons.